The van der Waals surface area contributed by atoms with Crippen LogP contribution >= 0.6 is 0 Å². The van der Waals surface area contributed by atoms with Gasteiger partial charge in [-0.3, -0.25) is 0 Å². The van der Waals surface area contributed by atoms with E-state index in [1.165, 1.54) is 0 Å². The zero-order chi connectivity index (χ0) is 7.49. The highest BCUT2D eigenvalue weighted by Gasteiger charge is 2.07. The minimum atomic E-state index is -0.764. The van der Waals surface area contributed by atoms with Crippen LogP contribution in [0.15, 0.2) is 11.8 Å². The molecule has 0 aromatic rings. The average molecular weight is 129 g/mol. The summed E-state index contributed by atoms with van der Waals surface area (Å²) < 4.78 is 0. The second kappa shape index (κ2) is 2.87. The van der Waals surface area contributed by atoms with E-state index in [4.69, 9.17) is 10.8 Å². The first-order valence-electron chi connectivity index (χ1n) is 3.15. The minimum absolute atomic E-state index is 0.738. The highest BCUT2D eigenvalue weighted by Crippen LogP contribution is 2.05. The van der Waals surface area contributed by atoms with Crippen LogP contribution in [0, 0.1) is 0 Å². The Morgan fingerprint density at radius 3 is 2.22 bits per heavy atom. The molecule has 0 unspecified atom stereocenters. The molecule has 0 aliphatic heterocycles. The van der Waals surface area contributed by atoms with Crippen molar-refractivity contribution < 1.29 is 5.11 Å². The Morgan fingerprint density at radius 2 is 2.11 bits per heavy atom. The summed E-state index contributed by atoms with van der Waals surface area (Å²) in [5.74, 6) is 0. The Hall–Kier alpha value is -0.500. The monoisotopic (exact) mass is 129 g/mol. The molecular weight excluding hydrogens is 114 g/mol. The van der Waals surface area contributed by atoms with Crippen molar-refractivity contribution in [1.82, 2.24) is 0 Å². The van der Waals surface area contributed by atoms with Gasteiger partial charge in [-0.25, -0.2) is 0 Å². The fraction of sp³-hybridized carbons (Fsp3) is 0.714. The summed E-state index contributed by atoms with van der Waals surface area (Å²) in [6.45, 7) is 5.36. The lowest BCUT2D eigenvalue weighted by molar-refractivity contribution is 0.132. The first kappa shape index (κ1) is 8.50. The maximum atomic E-state index is 9.16. The SMILES string of the molecule is CC/C(N)=C\C(C)(C)O. The first-order chi connectivity index (χ1) is 3.95. The lowest BCUT2D eigenvalue weighted by atomic mass is 10.1. The molecule has 0 fully saturated rings. The van der Waals surface area contributed by atoms with Crippen molar-refractivity contribution in [3.8, 4) is 0 Å². The number of nitrogens with two attached hydrogens (primary N) is 1. The van der Waals surface area contributed by atoms with Crippen molar-refractivity contribution in [1.29, 1.82) is 0 Å². The molecule has 0 aliphatic rings. The van der Waals surface area contributed by atoms with E-state index in [2.05, 4.69) is 0 Å². The van der Waals surface area contributed by atoms with Crippen molar-refractivity contribution in [2.45, 2.75) is 32.8 Å². The number of hydrogen-bond donors (Lipinski definition) is 2. The Kier molecular flexibility index (Phi) is 2.71. The summed E-state index contributed by atoms with van der Waals surface area (Å²) in [5, 5.41) is 9.16. The van der Waals surface area contributed by atoms with Gasteiger partial charge in [-0.1, -0.05) is 6.92 Å². The molecule has 54 valence electrons. The zero-order valence-corrected chi connectivity index (χ0v) is 6.31. The molecular formula is C7H15NO. The molecule has 3 N–H and O–H groups in total. The van der Waals surface area contributed by atoms with Gasteiger partial charge < -0.3 is 10.8 Å². The number of aliphatic hydroxyl groups is 1. The summed E-state index contributed by atoms with van der Waals surface area (Å²) in [5.41, 5.74) is 5.43. The van der Waals surface area contributed by atoms with Gasteiger partial charge in [-0.2, -0.15) is 0 Å². The Balaban J connectivity index is 3.95. The number of hydrogen-bond acceptors (Lipinski definition) is 2. The van der Waals surface area contributed by atoms with E-state index in [-0.39, 0.29) is 0 Å². The molecule has 0 amide bonds. The van der Waals surface area contributed by atoms with Crippen LogP contribution in [0.3, 0.4) is 0 Å². The molecule has 0 bridgehead atoms. The van der Waals surface area contributed by atoms with Crippen molar-refractivity contribution in [2.24, 2.45) is 5.73 Å². The molecule has 0 radical (unpaired) electrons. The average Bonchev–Trinajstić information content (AvgIpc) is 1.62. The van der Waals surface area contributed by atoms with E-state index in [0.717, 1.165) is 12.1 Å². The summed E-state index contributed by atoms with van der Waals surface area (Å²) in [4.78, 5) is 0. The quantitative estimate of drug-likeness (QED) is 0.584. The highest BCUT2D eigenvalue weighted by atomic mass is 16.3. The van der Waals surface area contributed by atoms with E-state index in [0.29, 0.717) is 0 Å². The summed E-state index contributed by atoms with van der Waals surface area (Å²) >= 11 is 0. The van der Waals surface area contributed by atoms with Crippen LogP contribution < -0.4 is 5.73 Å². The minimum Gasteiger partial charge on any atom is -0.402 e. The molecule has 0 saturated heterocycles. The highest BCUT2D eigenvalue weighted by molar-refractivity contribution is 5.03. The van der Waals surface area contributed by atoms with Gasteiger partial charge in [0.1, 0.15) is 0 Å². The standard InChI is InChI=1S/C7H15NO/c1-4-6(8)5-7(2,3)9/h5,9H,4,8H2,1-3H3/b6-5+. The largest absolute Gasteiger partial charge is 0.402 e. The molecule has 0 atom stereocenters. The predicted octanol–water partition coefficient (Wildman–Crippen LogP) is 1.01. The Morgan fingerprint density at radius 1 is 1.67 bits per heavy atom. The van der Waals surface area contributed by atoms with E-state index in [1.807, 2.05) is 6.92 Å². The molecule has 0 aliphatic carbocycles. The smallest absolute Gasteiger partial charge is 0.0791 e. The molecule has 2 nitrogen and oxygen atoms in total. The Labute approximate surface area is 56.4 Å². The van der Waals surface area contributed by atoms with Crippen LogP contribution in [-0.2, 0) is 0 Å². The fourth-order valence-electron chi connectivity index (χ4n) is 0.556. The third-order valence-electron chi connectivity index (χ3n) is 0.947. The van der Waals surface area contributed by atoms with Gasteiger partial charge in [-0.15, -0.1) is 0 Å². The second-order valence-corrected chi connectivity index (χ2v) is 2.73. The van der Waals surface area contributed by atoms with E-state index < -0.39 is 5.60 Å². The summed E-state index contributed by atoms with van der Waals surface area (Å²) in [6, 6.07) is 0. The van der Waals surface area contributed by atoms with Gasteiger partial charge in [0.05, 0.1) is 5.60 Å². The second-order valence-electron chi connectivity index (χ2n) is 2.73. The van der Waals surface area contributed by atoms with Crippen molar-refractivity contribution in [2.75, 3.05) is 0 Å². The first-order valence-corrected chi connectivity index (χ1v) is 3.15. The van der Waals surface area contributed by atoms with Crippen LogP contribution in [0.25, 0.3) is 0 Å². The normalized spacial score (nSPS) is 14.0. The maximum absolute atomic E-state index is 9.16. The van der Waals surface area contributed by atoms with Gasteiger partial charge >= 0.3 is 0 Å². The van der Waals surface area contributed by atoms with Crippen molar-refractivity contribution >= 4 is 0 Å². The third-order valence-corrected chi connectivity index (χ3v) is 0.947. The van der Waals surface area contributed by atoms with E-state index in [1.54, 1.807) is 19.9 Å². The van der Waals surface area contributed by atoms with Crippen LogP contribution in [0.4, 0.5) is 0 Å². The van der Waals surface area contributed by atoms with Gasteiger partial charge in [0.15, 0.2) is 0 Å². The van der Waals surface area contributed by atoms with Crippen LogP contribution in [0.2, 0.25) is 0 Å². The molecule has 0 heterocycles. The molecule has 0 aromatic carbocycles. The number of rotatable bonds is 2. The molecule has 9 heavy (non-hydrogen) atoms. The summed E-state index contributed by atoms with van der Waals surface area (Å²) in [7, 11) is 0. The van der Waals surface area contributed by atoms with Gasteiger partial charge in [-0.05, 0) is 26.3 Å². The van der Waals surface area contributed by atoms with Crippen molar-refractivity contribution in [3.63, 3.8) is 0 Å². The predicted molar refractivity (Wildman–Crippen MR) is 38.9 cm³/mol. The fourth-order valence-corrected chi connectivity index (χ4v) is 0.556. The van der Waals surface area contributed by atoms with Gasteiger partial charge in [0.25, 0.3) is 0 Å². The molecule has 0 spiro atoms. The molecule has 2 heteroatoms. The van der Waals surface area contributed by atoms with Crippen LogP contribution in [0.1, 0.15) is 27.2 Å². The Bertz CT molecular complexity index is 111. The zero-order valence-electron chi connectivity index (χ0n) is 6.31. The van der Waals surface area contributed by atoms with Crippen LogP contribution in [0.5, 0.6) is 0 Å². The van der Waals surface area contributed by atoms with E-state index in [9.17, 15) is 0 Å². The molecule has 0 rings (SSSR count). The third kappa shape index (κ3) is 5.37. The number of allylic oxidation sites excluding steroid dienone is 1. The van der Waals surface area contributed by atoms with Gasteiger partial charge in [0.2, 0.25) is 0 Å². The van der Waals surface area contributed by atoms with E-state index >= 15 is 0 Å². The topological polar surface area (TPSA) is 46.2 Å². The van der Waals surface area contributed by atoms with Crippen LogP contribution in [-0.4, -0.2) is 10.7 Å². The van der Waals surface area contributed by atoms with Crippen molar-refractivity contribution in [3.05, 3.63) is 11.8 Å². The van der Waals surface area contributed by atoms with Gasteiger partial charge in [0, 0.05) is 5.70 Å². The molecule has 0 saturated carbocycles. The summed E-state index contributed by atoms with van der Waals surface area (Å²) in [6.07, 6.45) is 2.46. The maximum Gasteiger partial charge on any atom is 0.0791 e. The lowest BCUT2D eigenvalue weighted by Gasteiger charge is -2.11. The molecule has 0 aromatic heterocycles. The lowest BCUT2D eigenvalue weighted by Crippen LogP contribution is -2.16.